The monoisotopic (exact) mass is 260 g/mol. The van der Waals surface area contributed by atoms with Crippen LogP contribution in [0.25, 0.3) is 11.0 Å². The van der Waals surface area contributed by atoms with Crippen molar-refractivity contribution in [2.45, 2.75) is 32.6 Å². The van der Waals surface area contributed by atoms with Gasteiger partial charge in [0.25, 0.3) is 0 Å². The Kier molecular flexibility index (Phi) is 3.48. The molecule has 0 radical (unpaired) electrons. The van der Waals surface area contributed by atoms with Crippen molar-refractivity contribution in [2.24, 2.45) is 5.92 Å². The lowest BCUT2D eigenvalue weighted by molar-refractivity contribution is 0.687. The van der Waals surface area contributed by atoms with Gasteiger partial charge in [-0.2, -0.15) is 15.1 Å². The van der Waals surface area contributed by atoms with Crippen LogP contribution in [0.1, 0.15) is 32.6 Å². The van der Waals surface area contributed by atoms with Crippen LogP contribution < -0.4 is 10.6 Å². The second-order valence-electron chi connectivity index (χ2n) is 5.07. The highest BCUT2D eigenvalue weighted by molar-refractivity contribution is 5.86. The highest BCUT2D eigenvalue weighted by Gasteiger charge is 2.20. The summed E-state index contributed by atoms with van der Waals surface area (Å²) in [6.07, 6.45) is 7.14. The first kappa shape index (κ1) is 12.2. The van der Waals surface area contributed by atoms with Crippen LogP contribution in [0.15, 0.2) is 6.20 Å². The van der Waals surface area contributed by atoms with Crippen molar-refractivity contribution >= 4 is 22.8 Å². The summed E-state index contributed by atoms with van der Waals surface area (Å²) in [4.78, 5) is 8.87. The van der Waals surface area contributed by atoms with Crippen molar-refractivity contribution < 1.29 is 0 Å². The summed E-state index contributed by atoms with van der Waals surface area (Å²) in [6.45, 7) is 3.80. The van der Waals surface area contributed by atoms with Crippen LogP contribution in [0, 0.1) is 5.92 Å². The lowest BCUT2D eigenvalue weighted by Crippen LogP contribution is -2.08. The average molecular weight is 260 g/mol. The van der Waals surface area contributed by atoms with Crippen LogP contribution >= 0.6 is 0 Å². The number of hydrogen-bond acceptors (Lipinski definition) is 5. The van der Waals surface area contributed by atoms with Gasteiger partial charge in [0.1, 0.15) is 5.82 Å². The van der Waals surface area contributed by atoms with Crippen molar-refractivity contribution in [2.75, 3.05) is 23.7 Å². The van der Waals surface area contributed by atoms with Gasteiger partial charge in [0.2, 0.25) is 5.95 Å². The fraction of sp³-hybridized carbons (Fsp3) is 0.615. The molecule has 0 aromatic carbocycles. The van der Waals surface area contributed by atoms with E-state index in [0.717, 1.165) is 35.9 Å². The molecule has 6 heteroatoms. The molecule has 1 aliphatic carbocycles. The van der Waals surface area contributed by atoms with Crippen molar-refractivity contribution in [3.8, 4) is 0 Å². The van der Waals surface area contributed by atoms with Crippen LogP contribution in [-0.2, 0) is 0 Å². The number of aromatic amines is 1. The largest absolute Gasteiger partial charge is 0.369 e. The number of anilines is 2. The van der Waals surface area contributed by atoms with E-state index in [1.54, 1.807) is 6.20 Å². The molecule has 0 aliphatic heterocycles. The van der Waals surface area contributed by atoms with Crippen molar-refractivity contribution in [3.63, 3.8) is 0 Å². The molecular weight excluding hydrogens is 240 g/mol. The molecule has 3 rings (SSSR count). The Morgan fingerprint density at radius 3 is 3.00 bits per heavy atom. The summed E-state index contributed by atoms with van der Waals surface area (Å²) in [5.74, 6) is 2.49. The molecule has 0 spiro atoms. The number of nitrogens with zero attached hydrogens (tertiary/aromatic N) is 3. The van der Waals surface area contributed by atoms with Gasteiger partial charge in [0, 0.05) is 13.1 Å². The van der Waals surface area contributed by atoms with E-state index in [0.29, 0.717) is 5.95 Å². The molecule has 0 atom stereocenters. The van der Waals surface area contributed by atoms with E-state index in [1.807, 2.05) is 6.92 Å². The molecule has 1 saturated carbocycles. The number of aromatic nitrogens is 4. The topological polar surface area (TPSA) is 78.5 Å². The summed E-state index contributed by atoms with van der Waals surface area (Å²) in [7, 11) is 0. The first-order chi connectivity index (χ1) is 9.36. The highest BCUT2D eigenvalue weighted by Crippen LogP contribution is 2.33. The Bertz CT molecular complexity index is 545. The molecular formula is C13H20N6. The van der Waals surface area contributed by atoms with E-state index in [9.17, 15) is 0 Å². The summed E-state index contributed by atoms with van der Waals surface area (Å²) in [5.41, 5.74) is 0.774. The molecule has 2 aromatic rings. The van der Waals surface area contributed by atoms with E-state index in [2.05, 4.69) is 30.8 Å². The van der Waals surface area contributed by atoms with Gasteiger partial charge in [-0.25, -0.2) is 0 Å². The predicted octanol–water partition coefficient (Wildman–Crippen LogP) is 2.39. The average Bonchev–Trinajstić information content (AvgIpc) is 3.11. The number of H-pyrrole nitrogens is 1. The molecule has 1 aliphatic rings. The maximum Gasteiger partial charge on any atom is 0.226 e. The third-order valence-electron chi connectivity index (χ3n) is 3.42. The first-order valence-electron chi connectivity index (χ1n) is 7.05. The normalized spacial score (nSPS) is 14.8. The Hall–Kier alpha value is -1.85. The highest BCUT2D eigenvalue weighted by atomic mass is 15.2. The standard InChI is InChI=1S/C13H20N6/c1-2-14-13-17-11(10-8-16-19-12(10)18-13)15-7-3-4-9-5-6-9/h8-9H,2-7H2,1H3,(H3,14,15,16,17,18,19). The summed E-state index contributed by atoms with van der Waals surface area (Å²) in [6, 6.07) is 0. The fourth-order valence-electron chi connectivity index (χ4n) is 2.21. The van der Waals surface area contributed by atoms with Crippen LogP contribution in [-0.4, -0.2) is 33.3 Å². The molecule has 0 unspecified atom stereocenters. The van der Waals surface area contributed by atoms with E-state index < -0.39 is 0 Å². The lowest BCUT2D eigenvalue weighted by atomic mass is 10.2. The van der Waals surface area contributed by atoms with Gasteiger partial charge < -0.3 is 10.6 Å². The summed E-state index contributed by atoms with van der Waals surface area (Å²) in [5, 5.41) is 14.4. The maximum absolute atomic E-state index is 4.50. The molecule has 2 aromatic heterocycles. The zero-order valence-corrected chi connectivity index (χ0v) is 11.2. The smallest absolute Gasteiger partial charge is 0.226 e. The zero-order valence-electron chi connectivity index (χ0n) is 11.2. The molecule has 1 fully saturated rings. The summed E-state index contributed by atoms with van der Waals surface area (Å²) < 4.78 is 0. The molecule has 19 heavy (non-hydrogen) atoms. The Labute approximate surface area is 112 Å². The Morgan fingerprint density at radius 1 is 1.32 bits per heavy atom. The maximum atomic E-state index is 4.50. The van der Waals surface area contributed by atoms with Crippen molar-refractivity contribution in [1.29, 1.82) is 0 Å². The molecule has 0 saturated heterocycles. The molecule has 102 valence electrons. The third kappa shape index (κ3) is 2.94. The minimum absolute atomic E-state index is 0.643. The van der Waals surface area contributed by atoms with Crippen LogP contribution in [0.5, 0.6) is 0 Å². The minimum atomic E-state index is 0.643. The molecule has 0 amide bonds. The predicted molar refractivity (Wildman–Crippen MR) is 76.3 cm³/mol. The van der Waals surface area contributed by atoms with Gasteiger partial charge in [0.05, 0.1) is 11.6 Å². The summed E-state index contributed by atoms with van der Waals surface area (Å²) >= 11 is 0. The van der Waals surface area contributed by atoms with Gasteiger partial charge in [-0.3, -0.25) is 5.10 Å². The van der Waals surface area contributed by atoms with Gasteiger partial charge in [-0.1, -0.05) is 12.8 Å². The first-order valence-corrected chi connectivity index (χ1v) is 7.05. The lowest BCUT2D eigenvalue weighted by Gasteiger charge is -2.08. The van der Waals surface area contributed by atoms with Gasteiger partial charge in [-0.15, -0.1) is 0 Å². The second-order valence-corrected chi connectivity index (χ2v) is 5.07. The Balaban J connectivity index is 1.69. The fourth-order valence-corrected chi connectivity index (χ4v) is 2.21. The van der Waals surface area contributed by atoms with E-state index >= 15 is 0 Å². The van der Waals surface area contributed by atoms with Crippen molar-refractivity contribution in [1.82, 2.24) is 20.2 Å². The Morgan fingerprint density at radius 2 is 2.21 bits per heavy atom. The minimum Gasteiger partial charge on any atom is -0.369 e. The van der Waals surface area contributed by atoms with E-state index in [4.69, 9.17) is 0 Å². The third-order valence-corrected chi connectivity index (χ3v) is 3.42. The number of rotatable bonds is 7. The van der Waals surface area contributed by atoms with Gasteiger partial charge in [0.15, 0.2) is 5.65 Å². The SMILES string of the molecule is CCNc1nc(NCCCC2CC2)c2cn[nH]c2n1. The number of hydrogen-bond donors (Lipinski definition) is 3. The van der Waals surface area contributed by atoms with E-state index in [1.165, 1.54) is 25.7 Å². The quantitative estimate of drug-likeness (QED) is 0.666. The zero-order chi connectivity index (χ0) is 13.1. The van der Waals surface area contributed by atoms with Crippen LogP contribution in [0.3, 0.4) is 0 Å². The second kappa shape index (κ2) is 5.42. The molecule has 3 N–H and O–H groups in total. The van der Waals surface area contributed by atoms with Gasteiger partial charge in [-0.05, 0) is 25.7 Å². The number of nitrogens with one attached hydrogen (secondary N) is 3. The van der Waals surface area contributed by atoms with Gasteiger partial charge >= 0.3 is 0 Å². The molecule has 0 bridgehead atoms. The number of fused-ring (bicyclic) bond motifs is 1. The molecule has 2 heterocycles. The van der Waals surface area contributed by atoms with E-state index in [-0.39, 0.29) is 0 Å². The van der Waals surface area contributed by atoms with Crippen LogP contribution in [0.2, 0.25) is 0 Å². The van der Waals surface area contributed by atoms with Crippen molar-refractivity contribution in [3.05, 3.63) is 6.20 Å². The molecule has 6 nitrogen and oxygen atoms in total. The van der Waals surface area contributed by atoms with Crippen LogP contribution in [0.4, 0.5) is 11.8 Å².